The molecular weight excluding hydrogens is 408 g/mol. The fourth-order valence-corrected chi connectivity index (χ4v) is 5.51. The van der Waals surface area contributed by atoms with Gasteiger partial charge in [-0.2, -0.15) is 4.31 Å². The molecule has 0 spiro atoms. The number of amides is 1. The van der Waals surface area contributed by atoms with Gasteiger partial charge in [0.05, 0.1) is 4.90 Å². The zero-order valence-electron chi connectivity index (χ0n) is 15.8. The van der Waals surface area contributed by atoms with E-state index >= 15 is 0 Å². The molecule has 29 heavy (non-hydrogen) atoms. The fraction of sp³-hybridized carbons (Fsp3) is 0.250. The lowest BCUT2D eigenvalue weighted by molar-refractivity contribution is 0.102. The minimum absolute atomic E-state index is 0.136. The smallest absolute Gasteiger partial charge is 0.257 e. The molecule has 0 unspecified atom stereocenters. The molecule has 7 nitrogen and oxygen atoms in total. The predicted molar refractivity (Wildman–Crippen MR) is 112 cm³/mol. The Morgan fingerprint density at radius 1 is 1.07 bits per heavy atom. The first-order chi connectivity index (χ1) is 13.9. The molecule has 0 saturated carbocycles. The summed E-state index contributed by atoms with van der Waals surface area (Å²) in [6.45, 7) is 2.81. The Kier molecular flexibility index (Phi) is 5.44. The number of carbonyl (C=O) groups excluding carboxylic acids is 1. The lowest BCUT2D eigenvalue weighted by Crippen LogP contribution is -2.28. The summed E-state index contributed by atoms with van der Waals surface area (Å²) in [6.07, 6.45) is 1.72. The van der Waals surface area contributed by atoms with Crippen LogP contribution in [-0.2, 0) is 10.0 Å². The van der Waals surface area contributed by atoms with Crippen molar-refractivity contribution in [3.63, 3.8) is 0 Å². The average Bonchev–Trinajstić information content (AvgIpc) is 3.41. The monoisotopic (exact) mass is 428 g/mol. The number of rotatable bonds is 5. The molecule has 0 radical (unpaired) electrons. The van der Waals surface area contributed by atoms with Crippen LogP contribution in [-0.4, -0.2) is 41.9 Å². The standard InChI is InChI=1S/C20H20N4O3S2/c1-14-9-10-16(29(26,27)24-11-5-6-12-24)13-17(14)18(25)21-20-23-22-19(28-20)15-7-3-2-4-8-15/h2-4,7-10,13H,5-6,11-12H2,1H3,(H,21,23,25). The molecule has 2 aromatic carbocycles. The molecule has 3 aromatic rings. The van der Waals surface area contributed by atoms with Crippen molar-refractivity contribution in [3.8, 4) is 10.6 Å². The zero-order valence-corrected chi connectivity index (χ0v) is 17.5. The van der Waals surface area contributed by atoms with Crippen molar-refractivity contribution in [3.05, 3.63) is 59.7 Å². The second-order valence-corrected chi connectivity index (χ2v) is 9.74. The van der Waals surface area contributed by atoms with Crippen LogP contribution in [0.2, 0.25) is 0 Å². The van der Waals surface area contributed by atoms with E-state index in [4.69, 9.17) is 0 Å². The van der Waals surface area contributed by atoms with E-state index in [0.717, 1.165) is 18.4 Å². The van der Waals surface area contributed by atoms with E-state index in [2.05, 4.69) is 15.5 Å². The second kappa shape index (κ2) is 8.02. The van der Waals surface area contributed by atoms with E-state index in [1.165, 1.54) is 21.7 Å². The van der Waals surface area contributed by atoms with Crippen LogP contribution >= 0.6 is 11.3 Å². The summed E-state index contributed by atoms with van der Waals surface area (Å²) < 4.78 is 27.1. The quantitative estimate of drug-likeness (QED) is 0.671. The maximum Gasteiger partial charge on any atom is 0.257 e. The number of aromatic nitrogens is 2. The lowest BCUT2D eigenvalue weighted by atomic mass is 10.1. The molecule has 1 saturated heterocycles. The molecule has 0 aliphatic carbocycles. The van der Waals surface area contributed by atoms with Crippen LogP contribution in [0, 0.1) is 6.92 Å². The van der Waals surface area contributed by atoms with Crippen molar-refractivity contribution in [2.75, 3.05) is 18.4 Å². The van der Waals surface area contributed by atoms with E-state index in [1.54, 1.807) is 19.1 Å². The van der Waals surface area contributed by atoms with Gasteiger partial charge in [0, 0.05) is 24.2 Å². The van der Waals surface area contributed by atoms with Crippen LogP contribution in [0.5, 0.6) is 0 Å². The van der Waals surface area contributed by atoms with Crippen molar-refractivity contribution < 1.29 is 13.2 Å². The highest BCUT2D eigenvalue weighted by molar-refractivity contribution is 7.89. The van der Waals surface area contributed by atoms with Gasteiger partial charge in [0.15, 0.2) is 0 Å². The highest BCUT2D eigenvalue weighted by Crippen LogP contribution is 2.27. The SMILES string of the molecule is Cc1ccc(S(=O)(=O)N2CCCC2)cc1C(=O)Nc1nnc(-c2ccccc2)s1. The number of anilines is 1. The Labute approximate surface area is 173 Å². The topological polar surface area (TPSA) is 92.3 Å². The number of hydrogen-bond acceptors (Lipinski definition) is 6. The molecule has 1 N–H and O–H groups in total. The second-order valence-electron chi connectivity index (χ2n) is 6.82. The summed E-state index contributed by atoms with van der Waals surface area (Å²) in [5.74, 6) is -0.406. The molecule has 1 aliphatic rings. The Balaban J connectivity index is 1.57. The van der Waals surface area contributed by atoms with E-state index < -0.39 is 15.9 Å². The first kappa shape index (κ1) is 19.7. The highest BCUT2D eigenvalue weighted by Gasteiger charge is 2.28. The molecule has 150 valence electrons. The minimum atomic E-state index is -3.59. The molecule has 2 heterocycles. The molecule has 9 heteroatoms. The van der Waals surface area contributed by atoms with Gasteiger partial charge in [0.1, 0.15) is 5.01 Å². The Morgan fingerprint density at radius 2 is 1.79 bits per heavy atom. The minimum Gasteiger partial charge on any atom is -0.296 e. The molecular formula is C20H20N4O3S2. The van der Waals surface area contributed by atoms with Gasteiger partial charge in [0.2, 0.25) is 15.2 Å². The van der Waals surface area contributed by atoms with Crippen LogP contribution in [0.1, 0.15) is 28.8 Å². The summed E-state index contributed by atoms with van der Waals surface area (Å²) in [4.78, 5) is 12.9. The van der Waals surface area contributed by atoms with Gasteiger partial charge in [-0.15, -0.1) is 10.2 Å². The van der Waals surface area contributed by atoms with Gasteiger partial charge in [-0.25, -0.2) is 8.42 Å². The molecule has 0 bridgehead atoms. The molecule has 1 aliphatic heterocycles. The number of nitrogens with one attached hydrogen (secondary N) is 1. The largest absolute Gasteiger partial charge is 0.296 e. The van der Waals surface area contributed by atoms with Gasteiger partial charge < -0.3 is 0 Å². The van der Waals surface area contributed by atoms with Gasteiger partial charge >= 0.3 is 0 Å². The summed E-state index contributed by atoms with van der Waals surface area (Å²) in [5, 5.41) is 11.9. The number of hydrogen-bond donors (Lipinski definition) is 1. The molecule has 1 amide bonds. The number of benzene rings is 2. The van der Waals surface area contributed by atoms with Crippen LogP contribution in [0.25, 0.3) is 10.6 Å². The molecule has 4 rings (SSSR count). The van der Waals surface area contributed by atoms with E-state index in [0.29, 0.717) is 34.4 Å². The van der Waals surface area contributed by atoms with E-state index in [-0.39, 0.29) is 4.90 Å². The maximum atomic E-state index is 12.8. The Hall–Kier alpha value is -2.62. The van der Waals surface area contributed by atoms with Crippen LogP contribution in [0.3, 0.4) is 0 Å². The summed E-state index contributed by atoms with van der Waals surface area (Å²) in [7, 11) is -3.59. The number of carbonyl (C=O) groups is 1. The first-order valence-corrected chi connectivity index (χ1v) is 11.5. The van der Waals surface area contributed by atoms with Crippen molar-refractivity contribution in [2.45, 2.75) is 24.7 Å². The first-order valence-electron chi connectivity index (χ1n) is 9.26. The van der Waals surface area contributed by atoms with Gasteiger partial charge in [-0.05, 0) is 37.5 Å². The van der Waals surface area contributed by atoms with Gasteiger partial charge in [0.25, 0.3) is 5.91 Å². The zero-order chi connectivity index (χ0) is 20.4. The molecule has 0 atom stereocenters. The maximum absolute atomic E-state index is 12.8. The van der Waals surface area contributed by atoms with Crippen molar-refractivity contribution in [1.29, 1.82) is 0 Å². The van der Waals surface area contributed by atoms with Crippen molar-refractivity contribution >= 4 is 32.4 Å². The molecule has 1 fully saturated rings. The third-order valence-corrected chi connectivity index (χ3v) is 7.61. The third-order valence-electron chi connectivity index (χ3n) is 4.82. The van der Waals surface area contributed by atoms with E-state index in [9.17, 15) is 13.2 Å². The summed E-state index contributed by atoms with van der Waals surface area (Å²) in [6, 6.07) is 14.2. The van der Waals surface area contributed by atoms with E-state index in [1.807, 2.05) is 30.3 Å². The summed E-state index contributed by atoms with van der Waals surface area (Å²) in [5.41, 5.74) is 1.91. The average molecular weight is 429 g/mol. The number of aryl methyl sites for hydroxylation is 1. The third kappa shape index (κ3) is 4.07. The van der Waals surface area contributed by atoms with Crippen LogP contribution in [0.15, 0.2) is 53.4 Å². The van der Waals surface area contributed by atoms with Crippen molar-refractivity contribution in [1.82, 2.24) is 14.5 Å². The Morgan fingerprint density at radius 3 is 2.52 bits per heavy atom. The lowest BCUT2D eigenvalue weighted by Gasteiger charge is -2.16. The normalized spacial score (nSPS) is 14.8. The van der Waals surface area contributed by atoms with Gasteiger partial charge in [-0.1, -0.05) is 47.7 Å². The van der Waals surface area contributed by atoms with Crippen LogP contribution < -0.4 is 5.32 Å². The van der Waals surface area contributed by atoms with Gasteiger partial charge in [-0.3, -0.25) is 10.1 Å². The van der Waals surface area contributed by atoms with Crippen molar-refractivity contribution in [2.24, 2.45) is 0 Å². The van der Waals surface area contributed by atoms with Crippen LogP contribution in [0.4, 0.5) is 5.13 Å². The Bertz CT molecular complexity index is 1140. The highest BCUT2D eigenvalue weighted by atomic mass is 32.2. The number of sulfonamides is 1. The molecule has 1 aromatic heterocycles. The summed E-state index contributed by atoms with van der Waals surface area (Å²) >= 11 is 1.26. The predicted octanol–water partition coefficient (Wildman–Crippen LogP) is 3.55. The fourth-order valence-electron chi connectivity index (χ4n) is 3.22. The number of nitrogens with zero attached hydrogens (tertiary/aromatic N) is 3.